The molecule has 3 amide bonds. The Kier molecular flexibility index (Phi) is 12.0. The van der Waals surface area contributed by atoms with E-state index in [2.05, 4.69) is 10.6 Å². The molecule has 0 saturated carbocycles. The van der Waals surface area contributed by atoms with Gasteiger partial charge < -0.3 is 30.1 Å². The van der Waals surface area contributed by atoms with E-state index in [9.17, 15) is 23.1 Å². The quantitative estimate of drug-likeness (QED) is 0.320. The number of nitrogens with zero attached hydrogens (tertiary/aromatic N) is 2. The molecule has 0 unspecified atom stereocenters. The van der Waals surface area contributed by atoms with Gasteiger partial charge in [-0.25, -0.2) is 17.5 Å². The number of likely N-dealkylation sites (N-methyl/N-ethyl adjacent to an activating group) is 1. The van der Waals surface area contributed by atoms with E-state index in [0.717, 1.165) is 29.9 Å². The van der Waals surface area contributed by atoms with Crippen molar-refractivity contribution in [2.45, 2.75) is 58.3 Å². The van der Waals surface area contributed by atoms with E-state index >= 15 is 0 Å². The second-order valence-electron chi connectivity index (χ2n) is 12.2. The highest BCUT2D eigenvalue weighted by Crippen LogP contribution is 2.29. The number of carbonyl (C=O) groups excluding carboxylic acids is 2. The summed E-state index contributed by atoms with van der Waals surface area (Å²) in [6.45, 7) is 6.06. The van der Waals surface area contributed by atoms with Crippen LogP contribution in [0.3, 0.4) is 0 Å². The number of hydrogen-bond donors (Lipinski definition) is 3. The van der Waals surface area contributed by atoms with Crippen LogP contribution in [0.2, 0.25) is 0 Å². The number of anilines is 2. The highest BCUT2D eigenvalue weighted by molar-refractivity contribution is 7.88. The summed E-state index contributed by atoms with van der Waals surface area (Å²) in [4.78, 5) is 29.0. The fourth-order valence-electron chi connectivity index (χ4n) is 5.47. The summed E-state index contributed by atoms with van der Waals surface area (Å²) in [5.74, 6) is -0.288. The molecule has 46 heavy (non-hydrogen) atoms. The van der Waals surface area contributed by atoms with Crippen LogP contribution in [0.1, 0.15) is 50.4 Å². The summed E-state index contributed by atoms with van der Waals surface area (Å²) in [7, 11) is -1.94. The van der Waals surface area contributed by atoms with E-state index in [1.54, 1.807) is 30.0 Å². The fourth-order valence-corrected chi connectivity index (χ4v) is 5.89. The van der Waals surface area contributed by atoms with Crippen LogP contribution in [0.25, 0.3) is 10.8 Å². The zero-order valence-corrected chi connectivity index (χ0v) is 28.0. The predicted molar refractivity (Wildman–Crippen MR) is 181 cm³/mol. The first kappa shape index (κ1) is 35.1. The van der Waals surface area contributed by atoms with Crippen molar-refractivity contribution < 1.29 is 32.6 Å². The van der Waals surface area contributed by atoms with Gasteiger partial charge in [-0.1, -0.05) is 43.3 Å². The van der Waals surface area contributed by atoms with Crippen LogP contribution in [0, 0.1) is 5.92 Å². The lowest BCUT2D eigenvalue weighted by atomic mass is 10.0. The van der Waals surface area contributed by atoms with E-state index < -0.39 is 28.2 Å². The standard InChI is InChI=1S/C34H46N4O7S/c1-23-20-38(24(2)22-39)33(40)29-19-27(35-34(41)36-30-15-10-13-26-12-6-7-14-28(26)30)16-17-31(29)45-25(3)11-8-9-18-44-32(23)21-37(4)46(5,42)43/h6-7,10,12-17,19,23-25,32,39H,8-9,11,18,20-22H2,1-5H3,(H2,35,36,41)/t23-,24+,25-,32-/m0/s1. The lowest BCUT2D eigenvalue weighted by Gasteiger charge is -2.35. The van der Waals surface area contributed by atoms with Crippen molar-refractivity contribution in [3.05, 3.63) is 66.2 Å². The number of benzene rings is 3. The largest absolute Gasteiger partial charge is 0.490 e. The summed E-state index contributed by atoms with van der Waals surface area (Å²) >= 11 is 0. The van der Waals surface area contributed by atoms with Gasteiger partial charge in [-0.3, -0.25) is 4.79 Å². The first-order chi connectivity index (χ1) is 21.9. The van der Waals surface area contributed by atoms with Crippen LogP contribution in [0.15, 0.2) is 60.7 Å². The van der Waals surface area contributed by atoms with Gasteiger partial charge in [-0.15, -0.1) is 0 Å². The van der Waals surface area contributed by atoms with Gasteiger partial charge in [-0.2, -0.15) is 0 Å². The molecule has 250 valence electrons. The van der Waals surface area contributed by atoms with E-state index in [4.69, 9.17) is 9.47 Å². The summed E-state index contributed by atoms with van der Waals surface area (Å²) in [6, 6.07) is 17.3. The molecule has 4 rings (SSSR count). The van der Waals surface area contributed by atoms with Gasteiger partial charge in [0.2, 0.25) is 10.0 Å². The number of sulfonamides is 1. The highest BCUT2D eigenvalue weighted by atomic mass is 32.2. The van der Waals surface area contributed by atoms with Crippen molar-refractivity contribution in [3.63, 3.8) is 0 Å². The number of amides is 3. The Morgan fingerprint density at radius 1 is 1.09 bits per heavy atom. The Bertz CT molecular complexity index is 1610. The minimum atomic E-state index is -3.45. The average molecular weight is 655 g/mol. The number of aliphatic hydroxyl groups is 1. The molecule has 1 heterocycles. The number of ether oxygens (including phenoxy) is 2. The number of rotatable bonds is 7. The van der Waals surface area contributed by atoms with Crippen LogP contribution < -0.4 is 15.4 Å². The number of carbonyl (C=O) groups is 2. The highest BCUT2D eigenvalue weighted by Gasteiger charge is 2.31. The molecule has 0 saturated heterocycles. The van der Waals surface area contributed by atoms with Crippen LogP contribution in [-0.4, -0.2) is 92.5 Å². The van der Waals surface area contributed by atoms with Gasteiger partial charge in [0, 0.05) is 43.7 Å². The van der Waals surface area contributed by atoms with Gasteiger partial charge in [0.05, 0.1) is 42.4 Å². The van der Waals surface area contributed by atoms with Crippen molar-refractivity contribution in [3.8, 4) is 5.75 Å². The van der Waals surface area contributed by atoms with Crippen molar-refractivity contribution in [1.29, 1.82) is 0 Å². The molecule has 0 aromatic heterocycles. The predicted octanol–water partition coefficient (Wildman–Crippen LogP) is 5.17. The molecule has 4 atom stereocenters. The molecular weight excluding hydrogens is 608 g/mol. The maximum Gasteiger partial charge on any atom is 0.323 e. The summed E-state index contributed by atoms with van der Waals surface area (Å²) < 4.78 is 38.1. The third-order valence-corrected chi connectivity index (χ3v) is 9.63. The normalized spacial score (nSPS) is 20.8. The molecule has 0 radical (unpaired) electrons. The third kappa shape index (κ3) is 9.18. The minimum absolute atomic E-state index is 0.130. The lowest BCUT2D eigenvalue weighted by Crippen LogP contribution is -2.47. The number of urea groups is 1. The smallest absolute Gasteiger partial charge is 0.323 e. The maximum absolute atomic E-state index is 14.3. The maximum atomic E-state index is 14.3. The Hall–Kier alpha value is -3.71. The first-order valence-corrected chi connectivity index (χ1v) is 17.5. The number of nitrogens with one attached hydrogen (secondary N) is 2. The summed E-state index contributed by atoms with van der Waals surface area (Å²) in [5, 5.41) is 17.8. The second kappa shape index (κ2) is 15.7. The summed E-state index contributed by atoms with van der Waals surface area (Å²) in [6.07, 6.45) is 2.74. The molecule has 11 nitrogen and oxygen atoms in total. The molecule has 0 spiro atoms. The molecule has 3 aromatic rings. The molecule has 1 aliphatic rings. The number of fused-ring (bicyclic) bond motifs is 2. The Labute approximate surface area is 271 Å². The molecule has 0 aliphatic carbocycles. The van der Waals surface area contributed by atoms with Crippen LogP contribution in [0.4, 0.5) is 16.2 Å². The van der Waals surface area contributed by atoms with Crippen molar-refractivity contribution in [2.24, 2.45) is 5.92 Å². The molecule has 0 fully saturated rings. The number of aliphatic hydroxyl groups excluding tert-OH is 1. The first-order valence-electron chi connectivity index (χ1n) is 15.7. The average Bonchev–Trinajstić information content (AvgIpc) is 3.02. The lowest BCUT2D eigenvalue weighted by molar-refractivity contribution is -0.00828. The van der Waals surface area contributed by atoms with Gasteiger partial charge >= 0.3 is 6.03 Å². The van der Waals surface area contributed by atoms with E-state index in [0.29, 0.717) is 30.2 Å². The molecule has 3 N–H and O–H groups in total. The van der Waals surface area contributed by atoms with Gasteiger partial charge in [-0.05, 0) is 62.8 Å². The van der Waals surface area contributed by atoms with Crippen molar-refractivity contribution >= 4 is 44.1 Å². The van der Waals surface area contributed by atoms with E-state index in [1.807, 2.05) is 56.3 Å². The van der Waals surface area contributed by atoms with Gasteiger partial charge in [0.25, 0.3) is 5.91 Å². The van der Waals surface area contributed by atoms with Crippen LogP contribution in [0.5, 0.6) is 5.75 Å². The van der Waals surface area contributed by atoms with Crippen molar-refractivity contribution in [2.75, 3.05) is 50.2 Å². The molecule has 12 heteroatoms. The monoisotopic (exact) mass is 654 g/mol. The number of hydrogen-bond acceptors (Lipinski definition) is 7. The molecule has 1 aliphatic heterocycles. The SMILES string of the molecule is C[C@H](CO)N1C[C@H](C)[C@H](CN(C)S(C)(=O)=O)OCCCC[C@H](C)Oc2ccc(NC(=O)Nc3cccc4ccccc34)cc2C1=O. The topological polar surface area (TPSA) is 138 Å². The zero-order valence-electron chi connectivity index (χ0n) is 27.2. The van der Waals surface area contributed by atoms with Gasteiger partial charge in [0.15, 0.2) is 0 Å². The Balaban J connectivity index is 1.64. The van der Waals surface area contributed by atoms with E-state index in [-0.39, 0.29) is 43.2 Å². The van der Waals surface area contributed by atoms with Crippen molar-refractivity contribution in [1.82, 2.24) is 9.21 Å². The van der Waals surface area contributed by atoms with Gasteiger partial charge in [0.1, 0.15) is 5.75 Å². The minimum Gasteiger partial charge on any atom is -0.490 e. The van der Waals surface area contributed by atoms with Crippen LogP contribution in [-0.2, 0) is 14.8 Å². The van der Waals surface area contributed by atoms with E-state index in [1.165, 1.54) is 11.4 Å². The summed E-state index contributed by atoms with van der Waals surface area (Å²) in [5.41, 5.74) is 1.28. The third-order valence-electron chi connectivity index (χ3n) is 8.35. The molecule has 0 bridgehead atoms. The molecular formula is C34H46N4O7S. The Morgan fingerprint density at radius 2 is 1.83 bits per heavy atom. The fraction of sp³-hybridized carbons (Fsp3) is 0.471. The molecule has 3 aromatic carbocycles. The Morgan fingerprint density at radius 3 is 2.57 bits per heavy atom. The zero-order chi connectivity index (χ0) is 33.4. The van der Waals surface area contributed by atoms with Crippen LogP contribution >= 0.6 is 0 Å². The second-order valence-corrected chi connectivity index (χ2v) is 14.2.